The Morgan fingerprint density at radius 3 is 2.27 bits per heavy atom. The first-order chi connectivity index (χ1) is 9.80. The Kier molecular flexibility index (Phi) is 9.22. The van der Waals surface area contributed by atoms with E-state index in [0.29, 0.717) is 18.9 Å². The maximum absolute atomic E-state index is 12.0. The minimum atomic E-state index is -4.65. The molecule has 0 unspecified atom stereocenters. The highest BCUT2D eigenvalue weighted by Gasteiger charge is 2.30. The van der Waals surface area contributed by atoms with Crippen LogP contribution in [0.2, 0.25) is 0 Å². The molecule has 0 saturated heterocycles. The van der Waals surface area contributed by atoms with Crippen molar-refractivity contribution in [1.82, 2.24) is 10.6 Å². The van der Waals surface area contributed by atoms with Gasteiger partial charge in [-0.3, -0.25) is 4.99 Å². The largest absolute Gasteiger partial charge is 0.573 e. The molecule has 0 heterocycles. The van der Waals surface area contributed by atoms with Gasteiger partial charge in [0.25, 0.3) is 0 Å². The Balaban J connectivity index is 0.00000441. The summed E-state index contributed by atoms with van der Waals surface area (Å²) in [5, 5.41) is 6.27. The predicted octanol–water partition coefficient (Wildman–Crippen LogP) is 3.32. The van der Waals surface area contributed by atoms with Gasteiger partial charge in [-0.1, -0.05) is 12.1 Å². The third-order valence-electron chi connectivity index (χ3n) is 2.51. The molecular weight excluding hydrogens is 410 g/mol. The van der Waals surface area contributed by atoms with Gasteiger partial charge in [-0.05, 0) is 38.0 Å². The summed E-state index contributed by atoms with van der Waals surface area (Å²) in [5.41, 5.74) is 0.914. The molecule has 0 aliphatic heterocycles. The molecule has 2 N–H and O–H groups in total. The summed E-state index contributed by atoms with van der Waals surface area (Å²) < 4.78 is 39.9. The zero-order chi connectivity index (χ0) is 15.9. The first kappa shape index (κ1) is 20.8. The SMILES string of the molecule is CN=C(NCCc1ccc(OC(F)(F)F)cc1)NC(C)C.I. The molecule has 1 aromatic rings. The first-order valence-corrected chi connectivity index (χ1v) is 6.62. The number of hydrogen-bond donors (Lipinski definition) is 2. The van der Waals surface area contributed by atoms with Gasteiger partial charge in [0.1, 0.15) is 5.75 Å². The van der Waals surface area contributed by atoms with Gasteiger partial charge in [0, 0.05) is 19.6 Å². The van der Waals surface area contributed by atoms with Crippen molar-refractivity contribution < 1.29 is 17.9 Å². The third kappa shape index (κ3) is 8.96. The van der Waals surface area contributed by atoms with E-state index < -0.39 is 6.36 Å². The molecule has 8 heteroatoms. The van der Waals surface area contributed by atoms with Crippen LogP contribution in [-0.4, -0.2) is 32.0 Å². The van der Waals surface area contributed by atoms with Crippen LogP contribution >= 0.6 is 24.0 Å². The van der Waals surface area contributed by atoms with Gasteiger partial charge in [0.15, 0.2) is 5.96 Å². The maximum atomic E-state index is 12.0. The first-order valence-electron chi connectivity index (χ1n) is 6.62. The summed E-state index contributed by atoms with van der Waals surface area (Å²) in [7, 11) is 1.68. The zero-order valence-electron chi connectivity index (χ0n) is 12.7. The van der Waals surface area contributed by atoms with Gasteiger partial charge in [0.2, 0.25) is 0 Å². The second-order valence-corrected chi connectivity index (χ2v) is 4.74. The van der Waals surface area contributed by atoms with E-state index in [0.717, 1.165) is 5.56 Å². The molecule has 0 atom stereocenters. The lowest BCUT2D eigenvalue weighted by Gasteiger charge is -2.14. The Labute approximate surface area is 145 Å². The number of nitrogens with one attached hydrogen (secondary N) is 2. The van der Waals surface area contributed by atoms with Crippen molar-refractivity contribution >= 4 is 29.9 Å². The van der Waals surface area contributed by atoms with Crippen LogP contribution in [0.5, 0.6) is 5.75 Å². The lowest BCUT2D eigenvalue weighted by atomic mass is 10.1. The van der Waals surface area contributed by atoms with Gasteiger partial charge in [0.05, 0.1) is 0 Å². The van der Waals surface area contributed by atoms with E-state index in [1.807, 2.05) is 13.8 Å². The molecule has 0 fully saturated rings. The van der Waals surface area contributed by atoms with Gasteiger partial charge in [-0.2, -0.15) is 0 Å². The van der Waals surface area contributed by atoms with Crippen LogP contribution in [0.1, 0.15) is 19.4 Å². The number of guanidine groups is 1. The number of nitrogens with zero attached hydrogens (tertiary/aromatic N) is 1. The number of aliphatic imine (C=N–C) groups is 1. The van der Waals surface area contributed by atoms with Crippen molar-refractivity contribution in [3.63, 3.8) is 0 Å². The molecule has 0 saturated carbocycles. The number of hydrogen-bond acceptors (Lipinski definition) is 2. The summed E-state index contributed by atoms with van der Waals surface area (Å²) in [6.07, 6.45) is -3.98. The normalized spacial score (nSPS) is 11.9. The quantitative estimate of drug-likeness (QED) is 0.427. The van der Waals surface area contributed by atoms with Crippen LogP contribution in [-0.2, 0) is 6.42 Å². The Hall–Kier alpha value is -1.19. The number of halogens is 4. The average Bonchev–Trinajstić information content (AvgIpc) is 2.37. The number of alkyl halides is 3. The standard InChI is InChI=1S/C14H20F3N3O.HI/c1-10(2)20-13(18-3)19-9-8-11-4-6-12(7-5-11)21-14(15,16)17;/h4-7,10H,8-9H2,1-3H3,(H2,18,19,20);1H. The molecule has 1 rings (SSSR count). The van der Waals surface area contributed by atoms with Crippen LogP contribution in [0.3, 0.4) is 0 Å². The monoisotopic (exact) mass is 431 g/mol. The fourth-order valence-corrected chi connectivity index (χ4v) is 1.65. The minimum absolute atomic E-state index is 0. The number of benzene rings is 1. The van der Waals surface area contributed by atoms with Gasteiger partial charge in [-0.15, -0.1) is 37.1 Å². The van der Waals surface area contributed by atoms with Crippen molar-refractivity contribution in [2.45, 2.75) is 32.7 Å². The molecule has 1 aromatic carbocycles. The predicted molar refractivity (Wildman–Crippen MR) is 91.9 cm³/mol. The highest BCUT2D eigenvalue weighted by Crippen LogP contribution is 2.22. The summed E-state index contributed by atoms with van der Waals surface area (Å²) in [5.74, 6) is 0.485. The Morgan fingerprint density at radius 1 is 1.23 bits per heavy atom. The summed E-state index contributed by atoms with van der Waals surface area (Å²) in [6.45, 7) is 4.64. The van der Waals surface area contributed by atoms with Crippen molar-refractivity contribution in [3.05, 3.63) is 29.8 Å². The second-order valence-electron chi connectivity index (χ2n) is 4.74. The molecule has 0 spiro atoms. The number of ether oxygens (including phenoxy) is 1. The zero-order valence-corrected chi connectivity index (χ0v) is 15.0. The molecule has 0 aromatic heterocycles. The molecule has 0 bridgehead atoms. The van der Waals surface area contributed by atoms with Crippen LogP contribution < -0.4 is 15.4 Å². The Morgan fingerprint density at radius 2 is 1.82 bits per heavy atom. The van der Waals surface area contributed by atoms with Gasteiger partial charge in [-0.25, -0.2) is 0 Å². The summed E-state index contributed by atoms with van der Waals surface area (Å²) in [4.78, 5) is 4.06. The third-order valence-corrected chi connectivity index (χ3v) is 2.51. The average molecular weight is 431 g/mol. The fraction of sp³-hybridized carbons (Fsp3) is 0.500. The molecular formula is C14H21F3IN3O. The van der Waals surface area contributed by atoms with Crippen molar-refractivity contribution in [2.75, 3.05) is 13.6 Å². The highest BCUT2D eigenvalue weighted by molar-refractivity contribution is 14.0. The van der Waals surface area contributed by atoms with Crippen LogP contribution in [0.15, 0.2) is 29.3 Å². The van der Waals surface area contributed by atoms with Crippen molar-refractivity contribution in [2.24, 2.45) is 4.99 Å². The van der Waals surface area contributed by atoms with E-state index in [2.05, 4.69) is 20.4 Å². The van der Waals surface area contributed by atoms with Gasteiger partial charge >= 0.3 is 6.36 Å². The van der Waals surface area contributed by atoms with Crippen LogP contribution in [0, 0.1) is 0 Å². The molecule has 0 radical (unpaired) electrons. The molecule has 4 nitrogen and oxygen atoms in total. The van der Waals surface area contributed by atoms with E-state index >= 15 is 0 Å². The van der Waals surface area contributed by atoms with Gasteiger partial charge < -0.3 is 15.4 Å². The van der Waals surface area contributed by atoms with E-state index in [9.17, 15) is 13.2 Å². The molecule has 0 amide bonds. The fourth-order valence-electron chi connectivity index (χ4n) is 1.65. The second kappa shape index (κ2) is 9.75. The van der Waals surface area contributed by atoms with Crippen molar-refractivity contribution in [3.8, 4) is 5.75 Å². The van der Waals surface area contributed by atoms with Crippen LogP contribution in [0.25, 0.3) is 0 Å². The molecule has 22 heavy (non-hydrogen) atoms. The van der Waals surface area contributed by atoms with Crippen molar-refractivity contribution in [1.29, 1.82) is 0 Å². The lowest BCUT2D eigenvalue weighted by molar-refractivity contribution is -0.274. The lowest BCUT2D eigenvalue weighted by Crippen LogP contribution is -2.41. The van der Waals surface area contributed by atoms with E-state index in [-0.39, 0.29) is 35.8 Å². The maximum Gasteiger partial charge on any atom is 0.573 e. The topological polar surface area (TPSA) is 45.7 Å². The summed E-state index contributed by atoms with van der Waals surface area (Å²) in [6, 6.07) is 6.12. The van der Waals surface area contributed by atoms with Crippen LogP contribution in [0.4, 0.5) is 13.2 Å². The highest BCUT2D eigenvalue weighted by atomic mass is 127. The molecule has 0 aliphatic carbocycles. The number of rotatable bonds is 5. The van der Waals surface area contributed by atoms with E-state index in [4.69, 9.17) is 0 Å². The minimum Gasteiger partial charge on any atom is -0.406 e. The molecule has 126 valence electrons. The van der Waals surface area contributed by atoms with E-state index in [1.54, 1.807) is 19.2 Å². The van der Waals surface area contributed by atoms with E-state index in [1.165, 1.54) is 12.1 Å². The molecule has 0 aliphatic rings. The Bertz CT molecular complexity index is 461. The summed E-state index contributed by atoms with van der Waals surface area (Å²) >= 11 is 0. The smallest absolute Gasteiger partial charge is 0.406 e.